The Balaban J connectivity index is 0.918. The number of hydrogen-bond donors (Lipinski definition) is 1. The molecular formula is C33H25F6N5O3. The van der Waals surface area contributed by atoms with Crippen LogP contribution in [0.2, 0.25) is 0 Å². The number of halogens is 6. The summed E-state index contributed by atoms with van der Waals surface area (Å²) in [6, 6.07) is 17.1. The fourth-order valence-corrected chi connectivity index (χ4v) is 6.51. The number of benzene rings is 3. The Hall–Kier alpha value is -5.14. The predicted octanol–water partition coefficient (Wildman–Crippen LogP) is 6.45. The highest BCUT2D eigenvalue weighted by Gasteiger charge is 2.57. The number of nitrogens with one attached hydrogen (secondary N) is 1. The molecule has 8 nitrogen and oxygen atoms in total. The number of ether oxygens (including phenoxy) is 1. The van der Waals surface area contributed by atoms with Crippen LogP contribution in [0, 0.1) is 11.8 Å². The van der Waals surface area contributed by atoms with E-state index in [1.807, 2.05) is 36.4 Å². The molecule has 2 amide bonds. The maximum Gasteiger partial charge on any atom is 0.416 e. The summed E-state index contributed by atoms with van der Waals surface area (Å²) in [5.74, 6) is -0.671. The Morgan fingerprint density at radius 3 is 2.02 bits per heavy atom. The Labute approximate surface area is 263 Å². The maximum atomic E-state index is 13.2. The van der Waals surface area contributed by atoms with Crippen LogP contribution in [0.5, 0.6) is 0 Å². The van der Waals surface area contributed by atoms with Crippen LogP contribution in [0.4, 0.5) is 31.1 Å². The quantitative estimate of drug-likeness (QED) is 0.191. The van der Waals surface area contributed by atoms with Gasteiger partial charge in [-0.2, -0.15) is 26.3 Å². The van der Waals surface area contributed by atoms with Gasteiger partial charge in [-0.1, -0.05) is 48.5 Å². The zero-order valence-electron chi connectivity index (χ0n) is 24.3. The molecule has 1 saturated carbocycles. The second-order valence-electron chi connectivity index (χ2n) is 11.7. The van der Waals surface area contributed by atoms with E-state index in [0.717, 1.165) is 33.3 Å². The number of alkyl carbamates (subject to hydrolysis) is 1. The molecule has 242 valence electrons. The SMILES string of the molecule is O=C(NC1C2CN(C(=O)C=Cn3cnc(-c4cc(C(F)(F)F)cc(C(F)(F)F)c4)n3)CC21)OCC1c2ccccc2-c2ccccc21. The largest absolute Gasteiger partial charge is 0.449 e. The topological polar surface area (TPSA) is 89.4 Å². The van der Waals surface area contributed by atoms with Gasteiger partial charge in [-0.05, 0) is 40.5 Å². The van der Waals surface area contributed by atoms with Gasteiger partial charge < -0.3 is 15.0 Å². The summed E-state index contributed by atoms with van der Waals surface area (Å²) in [6.07, 6.45) is -7.06. The summed E-state index contributed by atoms with van der Waals surface area (Å²) in [5.41, 5.74) is 1.05. The van der Waals surface area contributed by atoms with Gasteiger partial charge in [-0.15, -0.1) is 5.10 Å². The normalized spacial score (nSPS) is 20.2. The van der Waals surface area contributed by atoms with Crippen LogP contribution >= 0.6 is 0 Å². The van der Waals surface area contributed by atoms with Crippen LogP contribution in [-0.2, 0) is 21.9 Å². The molecule has 2 heterocycles. The molecule has 2 unspecified atom stereocenters. The van der Waals surface area contributed by atoms with Crippen LogP contribution in [0.15, 0.2) is 79.1 Å². The first-order valence-electron chi connectivity index (χ1n) is 14.7. The highest BCUT2D eigenvalue weighted by molar-refractivity contribution is 5.90. The Morgan fingerprint density at radius 2 is 1.45 bits per heavy atom. The number of rotatable bonds is 6. The fourth-order valence-electron chi connectivity index (χ4n) is 6.51. The highest BCUT2D eigenvalue weighted by atomic mass is 19.4. The third-order valence-electron chi connectivity index (χ3n) is 8.86. The number of carbonyl (C=O) groups is 2. The number of piperidine rings is 1. The number of carbonyl (C=O) groups excluding carboxylic acids is 2. The van der Waals surface area contributed by atoms with E-state index < -0.39 is 35.1 Å². The molecule has 0 radical (unpaired) electrons. The predicted molar refractivity (Wildman–Crippen MR) is 156 cm³/mol. The molecule has 1 aliphatic heterocycles. The summed E-state index contributed by atoms with van der Waals surface area (Å²) in [7, 11) is 0. The Morgan fingerprint density at radius 1 is 0.872 bits per heavy atom. The van der Waals surface area contributed by atoms with Gasteiger partial charge in [-0.25, -0.2) is 14.5 Å². The molecule has 1 aromatic heterocycles. The number of amides is 2. The van der Waals surface area contributed by atoms with Crippen LogP contribution < -0.4 is 5.32 Å². The van der Waals surface area contributed by atoms with Gasteiger partial charge >= 0.3 is 18.4 Å². The van der Waals surface area contributed by atoms with Gasteiger partial charge in [0.2, 0.25) is 5.91 Å². The van der Waals surface area contributed by atoms with E-state index in [1.54, 1.807) is 4.90 Å². The van der Waals surface area contributed by atoms with Crippen molar-refractivity contribution in [3.8, 4) is 22.5 Å². The minimum absolute atomic E-state index is 0.0253. The van der Waals surface area contributed by atoms with E-state index in [1.165, 1.54) is 12.3 Å². The summed E-state index contributed by atoms with van der Waals surface area (Å²) < 4.78 is 86.0. The van der Waals surface area contributed by atoms with E-state index in [4.69, 9.17) is 4.74 Å². The number of fused-ring (bicyclic) bond motifs is 4. The lowest BCUT2D eigenvalue weighted by Gasteiger charge is -2.19. The second-order valence-corrected chi connectivity index (χ2v) is 11.7. The summed E-state index contributed by atoms with van der Waals surface area (Å²) >= 11 is 0. The second kappa shape index (κ2) is 11.3. The molecule has 47 heavy (non-hydrogen) atoms. The van der Waals surface area contributed by atoms with Gasteiger partial charge in [0, 0.05) is 54.7 Å². The van der Waals surface area contributed by atoms with Gasteiger partial charge in [0.05, 0.1) is 11.1 Å². The molecule has 14 heteroatoms. The third kappa shape index (κ3) is 5.95. The lowest BCUT2D eigenvalue weighted by molar-refractivity contribution is -0.143. The van der Waals surface area contributed by atoms with E-state index in [9.17, 15) is 35.9 Å². The van der Waals surface area contributed by atoms with E-state index in [-0.39, 0.29) is 48.2 Å². The number of hydrogen-bond acceptors (Lipinski definition) is 5. The van der Waals surface area contributed by atoms with Gasteiger partial charge in [-0.3, -0.25) is 4.79 Å². The average molecular weight is 654 g/mol. The number of nitrogens with zero attached hydrogens (tertiary/aromatic N) is 4. The minimum atomic E-state index is -5.01. The van der Waals surface area contributed by atoms with Crippen LogP contribution in [0.25, 0.3) is 28.7 Å². The van der Waals surface area contributed by atoms with Crippen molar-refractivity contribution >= 4 is 18.2 Å². The molecule has 1 N–H and O–H groups in total. The number of likely N-dealkylation sites (tertiary alicyclic amines) is 1. The van der Waals surface area contributed by atoms with Crippen molar-refractivity contribution in [1.82, 2.24) is 25.0 Å². The lowest BCUT2D eigenvalue weighted by atomic mass is 9.98. The molecule has 2 aliphatic carbocycles. The molecule has 2 fully saturated rings. The molecule has 0 spiro atoms. The van der Waals surface area contributed by atoms with Gasteiger partial charge in [0.25, 0.3) is 0 Å². The molecule has 3 aromatic carbocycles. The van der Waals surface area contributed by atoms with Crippen molar-refractivity contribution in [3.63, 3.8) is 0 Å². The standard InChI is InChI=1S/C33H25F6N5O3/c34-32(35,36)19-11-18(12-20(13-19)33(37,38)39)30-40-17-44(42-30)10-9-28(45)43-14-25-26(15-43)29(25)41-31(46)47-16-27-23-7-3-1-5-21(23)22-6-2-4-8-24(22)27/h1-13,17,25-27,29H,14-16H2,(H,41,46). The van der Waals surface area contributed by atoms with Crippen molar-refractivity contribution < 1.29 is 40.7 Å². The summed E-state index contributed by atoms with van der Waals surface area (Å²) in [4.78, 5) is 30.8. The van der Waals surface area contributed by atoms with Crippen molar-refractivity contribution in [1.29, 1.82) is 0 Å². The van der Waals surface area contributed by atoms with E-state index >= 15 is 0 Å². The summed E-state index contributed by atoms with van der Waals surface area (Å²) in [6.45, 7) is 0.989. The van der Waals surface area contributed by atoms with Gasteiger partial charge in [0.1, 0.15) is 12.9 Å². The van der Waals surface area contributed by atoms with Crippen LogP contribution in [0.1, 0.15) is 28.2 Å². The molecular weight excluding hydrogens is 628 g/mol. The molecule has 0 bridgehead atoms. The molecule has 2 atom stereocenters. The van der Waals surface area contributed by atoms with Crippen LogP contribution in [0.3, 0.4) is 0 Å². The minimum Gasteiger partial charge on any atom is -0.449 e. The first-order valence-corrected chi connectivity index (χ1v) is 14.7. The smallest absolute Gasteiger partial charge is 0.416 e. The first kappa shape index (κ1) is 30.5. The van der Waals surface area contributed by atoms with Gasteiger partial charge in [0.15, 0.2) is 5.82 Å². The highest BCUT2D eigenvalue weighted by Crippen LogP contribution is 2.47. The van der Waals surface area contributed by atoms with E-state index in [2.05, 4.69) is 27.5 Å². The molecule has 3 aliphatic rings. The van der Waals surface area contributed by atoms with Crippen molar-refractivity contribution in [3.05, 3.63) is 101 Å². The number of alkyl halides is 6. The van der Waals surface area contributed by atoms with E-state index in [0.29, 0.717) is 25.2 Å². The average Bonchev–Trinajstić information content (AvgIpc) is 3.46. The molecule has 4 aromatic rings. The molecule has 7 rings (SSSR count). The lowest BCUT2D eigenvalue weighted by Crippen LogP contribution is -2.37. The van der Waals surface area contributed by atoms with Crippen molar-refractivity contribution in [2.45, 2.75) is 24.3 Å². The fraction of sp³-hybridized carbons (Fsp3) is 0.273. The Bertz CT molecular complexity index is 1810. The van der Waals surface area contributed by atoms with Crippen molar-refractivity contribution in [2.75, 3.05) is 19.7 Å². The monoisotopic (exact) mass is 653 g/mol. The third-order valence-corrected chi connectivity index (χ3v) is 8.86. The summed E-state index contributed by atoms with van der Waals surface area (Å²) in [5, 5.41) is 6.83. The van der Waals surface area contributed by atoms with Crippen LogP contribution in [-0.4, -0.2) is 57.4 Å². The zero-order valence-corrected chi connectivity index (χ0v) is 24.3. The molecule has 1 saturated heterocycles. The maximum absolute atomic E-state index is 13.2. The van der Waals surface area contributed by atoms with Crippen molar-refractivity contribution in [2.24, 2.45) is 11.8 Å². The Kier molecular flexibility index (Phi) is 7.32. The first-order chi connectivity index (χ1) is 22.4. The number of aromatic nitrogens is 3. The zero-order chi connectivity index (χ0) is 33.1.